The molecule has 2 saturated heterocycles. The van der Waals surface area contributed by atoms with E-state index in [0.29, 0.717) is 18.8 Å². The van der Waals surface area contributed by atoms with Crippen molar-refractivity contribution in [3.8, 4) is 0 Å². The van der Waals surface area contributed by atoms with E-state index in [1.54, 1.807) is 0 Å². The maximum atomic E-state index is 12.8. The number of piperazine rings is 1. The summed E-state index contributed by atoms with van der Waals surface area (Å²) in [5.41, 5.74) is 1.89. The second-order valence-electron chi connectivity index (χ2n) is 8.04. The smallest absolute Gasteiger partial charge is 0.257 e. The lowest BCUT2D eigenvalue weighted by atomic mass is 10.2. The third-order valence-corrected chi connectivity index (χ3v) is 8.10. The van der Waals surface area contributed by atoms with Gasteiger partial charge in [0, 0.05) is 50.6 Å². The lowest BCUT2D eigenvalue weighted by Gasteiger charge is -2.34. The Morgan fingerprint density at radius 1 is 0.935 bits per heavy atom. The SMILES string of the molecule is CN1CCN(c2ccc(NC(=O)c3cc(S(=O)(=O)N4CCCC4)ccc3Cl)cc2)CC1. The van der Waals surface area contributed by atoms with Gasteiger partial charge in [0.15, 0.2) is 0 Å². The minimum absolute atomic E-state index is 0.0920. The lowest BCUT2D eigenvalue weighted by molar-refractivity contribution is 0.102. The summed E-state index contributed by atoms with van der Waals surface area (Å²) in [5, 5.41) is 3.04. The number of halogens is 1. The summed E-state index contributed by atoms with van der Waals surface area (Å²) in [4.78, 5) is 17.5. The molecular formula is C22H27ClN4O3S. The summed E-state index contributed by atoms with van der Waals surface area (Å²) in [6.45, 7) is 4.99. The molecule has 1 amide bonds. The molecule has 0 unspecified atom stereocenters. The first-order chi connectivity index (χ1) is 14.8. The van der Waals surface area contributed by atoms with Crippen LogP contribution in [0, 0.1) is 0 Å². The Kier molecular flexibility index (Phi) is 6.52. The molecule has 2 aliphatic heterocycles. The van der Waals surface area contributed by atoms with Crippen molar-refractivity contribution in [2.24, 2.45) is 0 Å². The topological polar surface area (TPSA) is 73.0 Å². The third kappa shape index (κ3) is 4.87. The number of likely N-dealkylation sites (N-methyl/N-ethyl adjacent to an activating group) is 1. The first-order valence-electron chi connectivity index (χ1n) is 10.5. The second kappa shape index (κ2) is 9.16. The van der Waals surface area contributed by atoms with Crippen molar-refractivity contribution in [2.75, 3.05) is 56.5 Å². The molecule has 2 aliphatic rings. The van der Waals surface area contributed by atoms with Crippen molar-refractivity contribution in [3.63, 3.8) is 0 Å². The zero-order chi connectivity index (χ0) is 22.0. The van der Waals surface area contributed by atoms with Crippen molar-refractivity contribution >= 4 is 38.9 Å². The fraction of sp³-hybridized carbons (Fsp3) is 0.409. The van der Waals surface area contributed by atoms with Gasteiger partial charge in [0.05, 0.1) is 15.5 Å². The summed E-state index contributed by atoms with van der Waals surface area (Å²) in [6.07, 6.45) is 1.70. The van der Waals surface area contributed by atoms with Gasteiger partial charge in [-0.1, -0.05) is 11.6 Å². The van der Waals surface area contributed by atoms with E-state index in [0.717, 1.165) is 44.7 Å². The average molecular weight is 463 g/mol. The molecule has 4 rings (SSSR count). The highest BCUT2D eigenvalue weighted by molar-refractivity contribution is 7.89. The van der Waals surface area contributed by atoms with Gasteiger partial charge < -0.3 is 15.1 Å². The largest absolute Gasteiger partial charge is 0.369 e. The van der Waals surface area contributed by atoms with Crippen LogP contribution in [-0.2, 0) is 10.0 Å². The van der Waals surface area contributed by atoms with Gasteiger partial charge in [-0.3, -0.25) is 4.79 Å². The molecule has 0 bridgehead atoms. The third-order valence-electron chi connectivity index (χ3n) is 5.88. The summed E-state index contributed by atoms with van der Waals surface area (Å²) >= 11 is 6.23. The molecule has 166 valence electrons. The van der Waals surface area contributed by atoms with Crippen molar-refractivity contribution in [2.45, 2.75) is 17.7 Å². The molecular weight excluding hydrogens is 436 g/mol. The van der Waals surface area contributed by atoms with Gasteiger partial charge in [-0.25, -0.2) is 8.42 Å². The molecule has 0 aliphatic carbocycles. The van der Waals surface area contributed by atoms with Gasteiger partial charge in [0.1, 0.15) is 0 Å². The zero-order valence-electron chi connectivity index (χ0n) is 17.6. The highest BCUT2D eigenvalue weighted by Gasteiger charge is 2.28. The second-order valence-corrected chi connectivity index (χ2v) is 10.4. The minimum Gasteiger partial charge on any atom is -0.369 e. The molecule has 31 heavy (non-hydrogen) atoms. The van der Waals surface area contributed by atoms with Crippen LogP contribution in [0.5, 0.6) is 0 Å². The first-order valence-corrected chi connectivity index (χ1v) is 12.3. The molecule has 2 aromatic carbocycles. The number of carbonyl (C=O) groups excluding carboxylic acids is 1. The van der Waals surface area contributed by atoms with Crippen LogP contribution in [0.15, 0.2) is 47.4 Å². The van der Waals surface area contributed by atoms with Gasteiger partial charge in [-0.2, -0.15) is 4.31 Å². The van der Waals surface area contributed by atoms with Crippen LogP contribution in [0.2, 0.25) is 5.02 Å². The number of nitrogens with zero attached hydrogens (tertiary/aromatic N) is 3. The number of benzene rings is 2. The number of nitrogens with one attached hydrogen (secondary N) is 1. The number of hydrogen-bond donors (Lipinski definition) is 1. The van der Waals surface area contributed by atoms with E-state index >= 15 is 0 Å². The summed E-state index contributed by atoms with van der Waals surface area (Å²) in [6, 6.07) is 12.0. The Hall–Kier alpha value is -2.13. The van der Waals surface area contributed by atoms with Gasteiger partial charge in [0.25, 0.3) is 5.91 Å². The number of sulfonamides is 1. The lowest BCUT2D eigenvalue weighted by Crippen LogP contribution is -2.44. The van der Waals surface area contributed by atoms with Crippen molar-refractivity contribution in [3.05, 3.63) is 53.1 Å². The van der Waals surface area contributed by atoms with E-state index < -0.39 is 15.9 Å². The van der Waals surface area contributed by atoms with Crippen LogP contribution in [-0.4, -0.2) is 69.8 Å². The highest BCUT2D eigenvalue weighted by atomic mass is 35.5. The van der Waals surface area contributed by atoms with Gasteiger partial charge in [-0.05, 0) is 62.4 Å². The van der Waals surface area contributed by atoms with E-state index in [2.05, 4.69) is 22.2 Å². The standard InChI is InChI=1S/C22H27ClN4O3S/c1-25-12-14-26(15-13-25)18-6-4-17(5-7-18)24-22(28)20-16-19(8-9-21(20)23)31(29,30)27-10-2-3-11-27/h4-9,16H,2-3,10-15H2,1H3,(H,24,28). The Morgan fingerprint density at radius 2 is 1.58 bits per heavy atom. The minimum atomic E-state index is -3.62. The Morgan fingerprint density at radius 3 is 2.23 bits per heavy atom. The van der Waals surface area contributed by atoms with Crippen LogP contribution < -0.4 is 10.2 Å². The van der Waals surface area contributed by atoms with E-state index in [-0.39, 0.29) is 15.5 Å². The monoisotopic (exact) mass is 462 g/mol. The van der Waals surface area contributed by atoms with Crippen molar-refractivity contribution < 1.29 is 13.2 Å². The molecule has 2 aromatic rings. The fourth-order valence-electron chi connectivity index (χ4n) is 3.94. The molecule has 0 aromatic heterocycles. The molecule has 2 heterocycles. The highest BCUT2D eigenvalue weighted by Crippen LogP contribution is 2.26. The number of hydrogen-bond acceptors (Lipinski definition) is 5. The maximum absolute atomic E-state index is 12.8. The number of anilines is 2. The predicted octanol–water partition coefficient (Wildman–Crippen LogP) is 3.13. The Balaban J connectivity index is 1.48. The molecule has 1 N–H and O–H groups in total. The number of rotatable bonds is 5. The van der Waals surface area contributed by atoms with Crippen LogP contribution >= 0.6 is 11.6 Å². The summed E-state index contributed by atoms with van der Waals surface area (Å²) in [7, 11) is -1.50. The molecule has 0 spiro atoms. The molecule has 0 atom stereocenters. The zero-order valence-corrected chi connectivity index (χ0v) is 19.1. The van der Waals surface area contributed by atoms with Gasteiger partial charge in [0.2, 0.25) is 10.0 Å². The van der Waals surface area contributed by atoms with Crippen molar-refractivity contribution in [1.29, 1.82) is 0 Å². The average Bonchev–Trinajstić information content (AvgIpc) is 3.31. The van der Waals surface area contributed by atoms with E-state index in [9.17, 15) is 13.2 Å². The van der Waals surface area contributed by atoms with Gasteiger partial charge in [-0.15, -0.1) is 0 Å². The molecule has 9 heteroatoms. The molecule has 2 fully saturated rings. The maximum Gasteiger partial charge on any atom is 0.257 e. The van der Waals surface area contributed by atoms with Gasteiger partial charge >= 0.3 is 0 Å². The van der Waals surface area contributed by atoms with E-state index in [1.807, 2.05) is 24.3 Å². The summed E-state index contributed by atoms with van der Waals surface area (Å²) < 4.78 is 27.1. The van der Waals surface area contributed by atoms with Crippen LogP contribution in [0.25, 0.3) is 0 Å². The molecule has 0 radical (unpaired) electrons. The Bertz CT molecular complexity index is 1040. The molecule has 0 saturated carbocycles. The predicted molar refractivity (Wildman–Crippen MR) is 124 cm³/mol. The van der Waals surface area contributed by atoms with Crippen molar-refractivity contribution in [1.82, 2.24) is 9.21 Å². The van der Waals surface area contributed by atoms with Crippen LogP contribution in [0.4, 0.5) is 11.4 Å². The number of carbonyl (C=O) groups is 1. The normalized spacial score (nSPS) is 18.3. The molecule has 7 nitrogen and oxygen atoms in total. The first kappa shape index (κ1) is 22.1. The number of amides is 1. The van der Waals surface area contributed by atoms with E-state index in [1.165, 1.54) is 22.5 Å². The van der Waals surface area contributed by atoms with Crippen LogP contribution in [0.3, 0.4) is 0 Å². The fourth-order valence-corrected chi connectivity index (χ4v) is 5.68. The van der Waals surface area contributed by atoms with E-state index in [4.69, 9.17) is 11.6 Å². The van der Waals surface area contributed by atoms with Crippen LogP contribution in [0.1, 0.15) is 23.2 Å². The Labute approximate surface area is 188 Å². The summed E-state index contributed by atoms with van der Waals surface area (Å²) in [5.74, 6) is -0.434. The quantitative estimate of drug-likeness (QED) is 0.739.